The molecule has 1 atom stereocenters. The normalized spacial score (nSPS) is 22.5. The van der Waals surface area contributed by atoms with Crippen molar-refractivity contribution in [3.05, 3.63) is 18.0 Å². The molecule has 17 heavy (non-hydrogen) atoms. The molecule has 4 nitrogen and oxygen atoms in total. The molecule has 0 amide bonds. The molecule has 94 valence electrons. The van der Waals surface area contributed by atoms with Crippen molar-refractivity contribution in [2.45, 2.75) is 25.3 Å². The minimum absolute atomic E-state index is 0.448. The topological polar surface area (TPSA) is 32.3 Å². The van der Waals surface area contributed by atoms with Gasteiger partial charge in [-0.2, -0.15) is 0 Å². The molecular weight excluding hydrogens is 236 g/mol. The Morgan fingerprint density at radius 2 is 2.06 bits per heavy atom. The molecule has 5 heteroatoms. The smallest absolute Gasteiger partial charge is 0.225 e. The van der Waals surface area contributed by atoms with E-state index in [9.17, 15) is 0 Å². The third-order valence-electron chi connectivity index (χ3n) is 3.15. The number of hydrogen-bond acceptors (Lipinski definition) is 4. The molecule has 0 N–H and O–H groups in total. The molecule has 1 aliphatic rings. The average molecular weight is 255 g/mol. The maximum atomic E-state index is 5.74. The van der Waals surface area contributed by atoms with E-state index >= 15 is 0 Å². The molecule has 1 fully saturated rings. The highest BCUT2D eigenvalue weighted by molar-refractivity contribution is 6.17. The van der Waals surface area contributed by atoms with Gasteiger partial charge in [0.15, 0.2) is 0 Å². The monoisotopic (exact) mass is 254 g/mol. The lowest BCUT2D eigenvalue weighted by molar-refractivity contribution is 0.337. The lowest BCUT2D eigenvalue weighted by Crippen LogP contribution is -2.38. The van der Waals surface area contributed by atoms with Gasteiger partial charge < -0.3 is 9.80 Å². The molecule has 1 aromatic heterocycles. The summed E-state index contributed by atoms with van der Waals surface area (Å²) in [5.74, 6) is 1.29. The van der Waals surface area contributed by atoms with Gasteiger partial charge in [-0.25, -0.2) is 9.97 Å². The van der Waals surface area contributed by atoms with Crippen molar-refractivity contribution < 1.29 is 0 Å². The zero-order valence-corrected chi connectivity index (χ0v) is 11.2. The van der Waals surface area contributed by atoms with E-state index in [1.54, 1.807) is 0 Å². The minimum Gasteiger partial charge on any atom is -0.337 e. The van der Waals surface area contributed by atoms with Gasteiger partial charge in [-0.15, -0.1) is 11.6 Å². The standard InChI is InChI=1S/C12H19ClN4/c1-10-9-16(2)4-3-5-17(10)12-14-7-11(6-13)8-15-12/h7-8,10H,3-6,9H2,1-2H3. The number of hydrogen-bond donors (Lipinski definition) is 0. The van der Waals surface area contributed by atoms with E-state index in [4.69, 9.17) is 11.6 Å². The first-order chi connectivity index (χ1) is 8.20. The summed E-state index contributed by atoms with van der Waals surface area (Å²) in [6.45, 7) is 5.44. The number of anilines is 1. The van der Waals surface area contributed by atoms with E-state index in [1.165, 1.54) is 0 Å². The fourth-order valence-corrected chi connectivity index (χ4v) is 2.37. The molecule has 1 saturated heterocycles. The molecule has 2 rings (SSSR count). The number of likely N-dealkylation sites (N-methyl/N-ethyl adjacent to an activating group) is 1. The quantitative estimate of drug-likeness (QED) is 0.753. The van der Waals surface area contributed by atoms with Crippen molar-refractivity contribution in [2.24, 2.45) is 0 Å². The fourth-order valence-electron chi connectivity index (χ4n) is 2.23. The van der Waals surface area contributed by atoms with Crippen LogP contribution in [0.25, 0.3) is 0 Å². The predicted molar refractivity (Wildman–Crippen MR) is 70.5 cm³/mol. The highest BCUT2D eigenvalue weighted by Gasteiger charge is 2.21. The Bertz CT molecular complexity index is 354. The predicted octanol–water partition coefficient (Wildman–Crippen LogP) is 1.75. The Hall–Kier alpha value is -0.870. The Balaban J connectivity index is 2.13. The third-order valence-corrected chi connectivity index (χ3v) is 3.46. The van der Waals surface area contributed by atoms with E-state index in [0.717, 1.165) is 37.6 Å². The van der Waals surface area contributed by atoms with Gasteiger partial charge in [-0.05, 0) is 26.9 Å². The molecule has 0 aliphatic carbocycles. The Morgan fingerprint density at radius 3 is 2.71 bits per heavy atom. The maximum Gasteiger partial charge on any atom is 0.225 e. The number of alkyl halides is 1. The van der Waals surface area contributed by atoms with E-state index < -0.39 is 0 Å². The van der Waals surface area contributed by atoms with Crippen LogP contribution in [0.3, 0.4) is 0 Å². The number of rotatable bonds is 2. The third kappa shape index (κ3) is 3.07. The molecule has 1 unspecified atom stereocenters. The second kappa shape index (κ2) is 5.65. The maximum absolute atomic E-state index is 5.74. The Labute approximate surface area is 108 Å². The zero-order chi connectivity index (χ0) is 12.3. The van der Waals surface area contributed by atoms with Crippen LogP contribution in [0.4, 0.5) is 5.95 Å². The van der Waals surface area contributed by atoms with Gasteiger partial charge in [-0.3, -0.25) is 0 Å². The van der Waals surface area contributed by atoms with Crippen molar-refractivity contribution in [1.29, 1.82) is 0 Å². The van der Waals surface area contributed by atoms with Crippen LogP contribution in [0, 0.1) is 0 Å². The fraction of sp³-hybridized carbons (Fsp3) is 0.667. The Morgan fingerprint density at radius 1 is 1.35 bits per heavy atom. The molecule has 0 bridgehead atoms. The molecule has 1 aliphatic heterocycles. The minimum atomic E-state index is 0.448. The lowest BCUT2D eigenvalue weighted by atomic mass is 10.3. The first-order valence-corrected chi connectivity index (χ1v) is 6.56. The molecule has 0 aromatic carbocycles. The second-order valence-electron chi connectivity index (χ2n) is 4.68. The van der Waals surface area contributed by atoms with Crippen molar-refractivity contribution >= 4 is 17.5 Å². The van der Waals surface area contributed by atoms with E-state index in [-0.39, 0.29) is 0 Å². The van der Waals surface area contributed by atoms with E-state index in [2.05, 4.69) is 33.7 Å². The number of halogens is 1. The van der Waals surface area contributed by atoms with Crippen molar-refractivity contribution in [1.82, 2.24) is 14.9 Å². The molecule has 2 heterocycles. The van der Waals surface area contributed by atoms with Gasteiger partial charge in [0.1, 0.15) is 0 Å². The summed E-state index contributed by atoms with van der Waals surface area (Å²) in [5, 5.41) is 0. The van der Waals surface area contributed by atoms with Gasteiger partial charge in [0.25, 0.3) is 0 Å². The summed E-state index contributed by atoms with van der Waals surface area (Å²) in [6.07, 6.45) is 4.79. The Kier molecular flexibility index (Phi) is 4.18. The largest absolute Gasteiger partial charge is 0.337 e. The van der Waals surface area contributed by atoms with E-state index in [1.807, 2.05) is 12.4 Å². The van der Waals surface area contributed by atoms with Crippen LogP contribution >= 0.6 is 11.6 Å². The molecular formula is C12H19ClN4. The van der Waals surface area contributed by atoms with Gasteiger partial charge in [0.2, 0.25) is 5.95 Å². The van der Waals surface area contributed by atoms with Gasteiger partial charge >= 0.3 is 0 Å². The summed E-state index contributed by atoms with van der Waals surface area (Å²) in [5.41, 5.74) is 0.968. The summed E-state index contributed by atoms with van der Waals surface area (Å²) in [6, 6.07) is 0.448. The van der Waals surface area contributed by atoms with Crippen molar-refractivity contribution in [3.8, 4) is 0 Å². The highest BCUT2D eigenvalue weighted by Crippen LogP contribution is 2.15. The summed E-state index contributed by atoms with van der Waals surface area (Å²) < 4.78 is 0. The number of aromatic nitrogens is 2. The van der Waals surface area contributed by atoms with Crippen molar-refractivity contribution in [2.75, 3.05) is 31.6 Å². The zero-order valence-electron chi connectivity index (χ0n) is 10.4. The first kappa shape index (κ1) is 12.6. The summed E-state index contributed by atoms with van der Waals surface area (Å²) in [7, 11) is 2.16. The second-order valence-corrected chi connectivity index (χ2v) is 4.95. The molecule has 0 saturated carbocycles. The summed E-state index contributed by atoms with van der Waals surface area (Å²) >= 11 is 5.74. The average Bonchev–Trinajstić information content (AvgIpc) is 2.50. The van der Waals surface area contributed by atoms with Crippen LogP contribution in [-0.2, 0) is 5.88 Å². The van der Waals surface area contributed by atoms with Crippen molar-refractivity contribution in [3.63, 3.8) is 0 Å². The van der Waals surface area contributed by atoms with Gasteiger partial charge in [0.05, 0.1) is 5.88 Å². The number of nitrogens with zero attached hydrogens (tertiary/aromatic N) is 4. The lowest BCUT2D eigenvalue weighted by Gasteiger charge is -2.27. The SMILES string of the molecule is CC1CN(C)CCCN1c1ncc(CCl)cn1. The van der Waals surface area contributed by atoms with Gasteiger partial charge in [0, 0.05) is 37.1 Å². The molecule has 0 spiro atoms. The van der Waals surface area contributed by atoms with Crippen LogP contribution in [0.2, 0.25) is 0 Å². The van der Waals surface area contributed by atoms with Crippen LogP contribution in [0.5, 0.6) is 0 Å². The van der Waals surface area contributed by atoms with Crippen LogP contribution in [-0.4, -0.2) is 47.6 Å². The highest BCUT2D eigenvalue weighted by atomic mass is 35.5. The van der Waals surface area contributed by atoms with Crippen LogP contribution in [0.15, 0.2) is 12.4 Å². The van der Waals surface area contributed by atoms with Crippen LogP contribution < -0.4 is 4.90 Å². The summed E-state index contributed by atoms with van der Waals surface area (Å²) in [4.78, 5) is 13.4. The van der Waals surface area contributed by atoms with E-state index in [0.29, 0.717) is 11.9 Å². The van der Waals surface area contributed by atoms with Gasteiger partial charge in [-0.1, -0.05) is 0 Å². The first-order valence-electron chi connectivity index (χ1n) is 6.03. The molecule has 1 aromatic rings. The molecule has 0 radical (unpaired) electrons. The van der Waals surface area contributed by atoms with Crippen LogP contribution in [0.1, 0.15) is 18.9 Å².